The molecule has 2 aliphatic rings. The van der Waals surface area contributed by atoms with Gasteiger partial charge in [0.15, 0.2) is 0 Å². The number of hydrogen-bond acceptors (Lipinski definition) is 5. The van der Waals surface area contributed by atoms with Gasteiger partial charge in [-0.05, 0) is 57.2 Å². The van der Waals surface area contributed by atoms with Crippen molar-refractivity contribution < 1.29 is 9.50 Å². The molecule has 1 aliphatic carbocycles. The fraction of sp³-hybridized carbons (Fsp3) is 0.636. The Morgan fingerprint density at radius 3 is 2.79 bits per heavy atom. The van der Waals surface area contributed by atoms with E-state index in [9.17, 15) is 9.50 Å². The maximum Gasteiger partial charge on any atom is 0.226 e. The number of benzene rings is 1. The van der Waals surface area contributed by atoms with Crippen molar-refractivity contribution in [1.82, 2.24) is 15.3 Å². The minimum absolute atomic E-state index is 0.254. The van der Waals surface area contributed by atoms with E-state index in [1.807, 2.05) is 6.92 Å². The van der Waals surface area contributed by atoms with E-state index in [0.717, 1.165) is 80.6 Å². The van der Waals surface area contributed by atoms with Gasteiger partial charge >= 0.3 is 0 Å². The van der Waals surface area contributed by atoms with E-state index in [-0.39, 0.29) is 5.82 Å². The van der Waals surface area contributed by atoms with Crippen molar-refractivity contribution in [3.8, 4) is 0 Å². The van der Waals surface area contributed by atoms with Gasteiger partial charge in [0.1, 0.15) is 5.82 Å². The Balaban J connectivity index is 1.40. The Morgan fingerprint density at radius 1 is 1.14 bits per heavy atom. The highest BCUT2D eigenvalue weighted by molar-refractivity contribution is 5.81. The fourth-order valence-electron chi connectivity index (χ4n) is 4.60. The maximum atomic E-state index is 13.5. The van der Waals surface area contributed by atoms with Crippen molar-refractivity contribution in [1.29, 1.82) is 0 Å². The van der Waals surface area contributed by atoms with Crippen molar-refractivity contribution in [2.45, 2.75) is 69.9 Å². The van der Waals surface area contributed by atoms with Gasteiger partial charge in [-0.2, -0.15) is 0 Å². The lowest BCUT2D eigenvalue weighted by Gasteiger charge is -2.33. The number of fused-ring (bicyclic) bond motifs is 1. The molecular weight excluding hydrogens is 355 g/mol. The average Bonchev–Trinajstić information content (AvgIpc) is 2.93. The highest BCUT2D eigenvalue weighted by Gasteiger charge is 2.30. The van der Waals surface area contributed by atoms with Crippen LogP contribution in [0.2, 0.25) is 0 Å². The lowest BCUT2D eigenvalue weighted by atomic mass is 9.84. The fourth-order valence-corrected chi connectivity index (χ4v) is 4.60. The second-order valence-electron chi connectivity index (χ2n) is 8.55. The summed E-state index contributed by atoms with van der Waals surface area (Å²) in [4.78, 5) is 11.6. The summed E-state index contributed by atoms with van der Waals surface area (Å²) < 4.78 is 13.5. The summed E-state index contributed by atoms with van der Waals surface area (Å²) >= 11 is 0. The molecule has 1 unspecified atom stereocenters. The van der Waals surface area contributed by atoms with Gasteiger partial charge < -0.3 is 15.3 Å². The zero-order valence-corrected chi connectivity index (χ0v) is 16.8. The Labute approximate surface area is 166 Å². The number of aromatic nitrogens is 2. The van der Waals surface area contributed by atoms with Crippen LogP contribution in [0.3, 0.4) is 0 Å². The Bertz CT molecular complexity index is 822. The molecule has 1 saturated heterocycles. The molecule has 6 heteroatoms. The van der Waals surface area contributed by atoms with Crippen LogP contribution in [0.25, 0.3) is 10.9 Å². The number of nitrogens with zero attached hydrogens (tertiary/aromatic N) is 3. The number of aryl methyl sites for hydroxylation is 1. The molecule has 5 nitrogen and oxygen atoms in total. The van der Waals surface area contributed by atoms with Crippen molar-refractivity contribution in [3.05, 3.63) is 29.7 Å². The summed E-state index contributed by atoms with van der Waals surface area (Å²) in [5, 5.41) is 15.1. The summed E-state index contributed by atoms with van der Waals surface area (Å²) in [6.07, 6.45) is 8.55. The summed E-state index contributed by atoms with van der Waals surface area (Å²) in [6, 6.07) is 5.12. The zero-order chi connectivity index (χ0) is 19.6. The first-order chi connectivity index (χ1) is 13.5. The normalized spacial score (nSPS) is 23.0. The molecule has 0 bridgehead atoms. The van der Waals surface area contributed by atoms with Crippen LogP contribution in [0.4, 0.5) is 10.3 Å². The van der Waals surface area contributed by atoms with Gasteiger partial charge in [-0.1, -0.05) is 19.3 Å². The molecule has 28 heavy (non-hydrogen) atoms. The van der Waals surface area contributed by atoms with Gasteiger partial charge in [-0.15, -0.1) is 0 Å². The molecule has 2 heterocycles. The summed E-state index contributed by atoms with van der Waals surface area (Å²) in [6.45, 7) is 4.44. The third-order valence-electron chi connectivity index (χ3n) is 6.35. The molecule has 0 spiro atoms. The van der Waals surface area contributed by atoms with E-state index >= 15 is 0 Å². The largest absolute Gasteiger partial charge is 0.389 e. The van der Waals surface area contributed by atoms with Crippen LogP contribution in [0.15, 0.2) is 18.2 Å². The van der Waals surface area contributed by atoms with Crippen molar-refractivity contribution in [2.75, 3.05) is 24.5 Å². The van der Waals surface area contributed by atoms with E-state index in [2.05, 4.69) is 20.2 Å². The molecule has 1 atom stereocenters. The van der Waals surface area contributed by atoms with Crippen molar-refractivity contribution in [2.24, 2.45) is 0 Å². The van der Waals surface area contributed by atoms with E-state index < -0.39 is 5.60 Å². The summed E-state index contributed by atoms with van der Waals surface area (Å²) in [5.74, 6) is 0.485. The van der Waals surface area contributed by atoms with Gasteiger partial charge in [-0.25, -0.2) is 14.4 Å². The molecule has 2 aromatic rings. The average molecular weight is 387 g/mol. The molecule has 1 aliphatic heterocycles. The zero-order valence-electron chi connectivity index (χ0n) is 16.8. The molecule has 152 valence electrons. The molecular formula is C22H31FN4O. The topological polar surface area (TPSA) is 61.3 Å². The summed E-state index contributed by atoms with van der Waals surface area (Å²) in [7, 11) is 0. The highest BCUT2D eigenvalue weighted by atomic mass is 19.1. The quantitative estimate of drug-likeness (QED) is 0.839. The van der Waals surface area contributed by atoms with Gasteiger partial charge in [0, 0.05) is 31.1 Å². The first kappa shape index (κ1) is 19.5. The van der Waals surface area contributed by atoms with Crippen LogP contribution in [0.5, 0.6) is 0 Å². The standard InChI is InChI=1S/C22H31FN4O/c1-16-19-14-17(23)7-8-20(19)26-21(25-16)27-12-5-6-18(9-13-27)24-15-22(28)10-3-2-4-11-22/h7-8,14,18,24,28H,2-6,9-13,15H2,1H3. The van der Waals surface area contributed by atoms with E-state index in [0.29, 0.717) is 12.6 Å². The first-order valence-electron chi connectivity index (χ1n) is 10.7. The number of nitrogens with one attached hydrogen (secondary N) is 1. The molecule has 2 N–H and O–H groups in total. The van der Waals surface area contributed by atoms with Crippen LogP contribution >= 0.6 is 0 Å². The molecule has 0 radical (unpaired) electrons. The van der Waals surface area contributed by atoms with Gasteiger partial charge in [0.05, 0.1) is 16.8 Å². The van der Waals surface area contributed by atoms with Crippen LogP contribution in [0.1, 0.15) is 57.1 Å². The van der Waals surface area contributed by atoms with Crippen molar-refractivity contribution >= 4 is 16.9 Å². The van der Waals surface area contributed by atoms with Crippen molar-refractivity contribution in [3.63, 3.8) is 0 Å². The number of aliphatic hydroxyl groups is 1. The monoisotopic (exact) mass is 386 g/mol. The van der Waals surface area contributed by atoms with Gasteiger partial charge in [0.25, 0.3) is 0 Å². The van der Waals surface area contributed by atoms with Crippen LogP contribution < -0.4 is 10.2 Å². The molecule has 0 amide bonds. The third kappa shape index (κ3) is 4.44. The minimum Gasteiger partial charge on any atom is -0.389 e. The van der Waals surface area contributed by atoms with E-state index in [1.165, 1.54) is 18.6 Å². The summed E-state index contributed by atoms with van der Waals surface area (Å²) in [5.41, 5.74) is 1.10. The SMILES string of the molecule is Cc1nc(N2CCCC(NCC3(O)CCCCC3)CC2)nc2ccc(F)cc12. The van der Waals surface area contributed by atoms with E-state index in [1.54, 1.807) is 6.07 Å². The first-order valence-corrected chi connectivity index (χ1v) is 10.7. The third-order valence-corrected chi connectivity index (χ3v) is 6.35. The van der Waals surface area contributed by atoms with Crippen LogP contribution in [-0.2, 0) is 0 Å². The smallest absolute Gasteiger partial charge is 0.226 e. The number of rotatable bonds is 4. The molecule has 4 rings (SSSR count). The number of halogens is 1. The van der Waals surface area contributed by atoms with Gasteiger partial charge in [0.2, 0.25) is 5.95 Å². The van der Waals surface area contributed by atoms with Crippen LogP contribution in [0, 0.1) is 12.7 Å². The second-order valence-corrected chi connectivity index (χ2v) is 8.55. The highest BCUT2D eigenvalue weighted by Crippen LogP contribution is 2.28. The molecule has 1 aromatic heterocycles. The van der Waals surface area contributed by atoms with Gasteiger partial charge in [-0.3, -0.25) is 0 Å². The Morgan fingerprint density at radius 2 is 1.96 bits per heavy atom. The number of anilines is 1. The molecule has 2 fully saturated rings. The predicted octanol–water partition coefficient (Wildman–Crippen LogP) is 3.72. The lowest BCUT2D eigenvalue weighted by Crippen LogP contribution is -2.45. The number of hydrogen-bond donors (Lipinski definition) is 2. The lowest BCUT2D eigenvalue weighted by molar-refractivity contribution is 0.00236. The Kier molecular flexibility index (Phi) is 5.78. The molecule has 1 aromatic carbocycles. The minimum atomic E-state index is -0.516. The predicted molar refractivity (Wildman–Crippen MR) is 110 cm³/mol. The second kappa shape index (κ2) is 8.29. The Hall–Kier alpha value is -1.79. The molecule has 1 saturated carbocycles. The van der Waals surface area contributed by atoms with Crippen LogP contribution in [-0.4, -0.2) is 46.4 Å². The van der Waals surface area contributed by atoms with E-state index in [4.69, 9.17) is 0 Å². The maximum absolute atomic E-state index is 13.5.